The zero-order valence-electron chi connectivity index (χ0n) is 12.2. The van der Waals surface area contributed by atoms with Crippen LogP contribution in [0.3, 0.4) is 0 Å². The largest absolute Gasteiger partial charge is 0.312 e. The molecular weight excluding hydrogens is 236 g/mol. The van der Waals surface area contributed by atoms with Crippen LogP contribution in [0.25, 0.3) is 0 Å². The van der Waals surface area contributed by atoms with E-state index in [2.05, 4.69) is 35.4 Å². The molecule has 2 atom stereocenters. The van der Waals surface area contributed by atoms with Crippen LogP contribution in [0.15, 0.2) is 12.4 Å². The van der Waals surface area contributed by atoms with Gasteiger partial charge in [-0.3, -0.25) is 9.58 Å². The number of hydrogen-bond donors (Lipinski definition) is 1. The maximum atomic E-state index is 4.39. The van der Waals surface area contributed by atoms with Crippen molar-refractivity contribution in [3.8, 4) is 0 Å². The fourth-order valence-electron chi connectivity index (χ4n) is 3.09. The van der Waals surface area contributed by atoms with Crippen molar-refractivity contribution in [1.82, 2.24) is 20.0 Å². The highest BCUT2D eigenvalue weighted by Crippen LogP contribution is 2.34. The van der Waals surface area contributed by atoms with Gasteiger partial charge in [-0.05, 0) is 45.6 Å². The number of aromatic nitrogens is 2. The average molecular weight is 262 g/mol. The van der Waals surface area contributed by atoms with Crippen molar-refractivity contribution in [3.63, 3.8) is 0 Å². The van der Waals surface area contributed by atoms with Gasteiger partial charge in [-0.15, -0.1) is 0 Å². The number of rotatable bonds is 4. The van der Waals surface area contributed by atoms with E-state index < -0.39 is 0 Å². The van der Waals surface area contributed by atoms with Crippen LogP contribution in [0.1, 0.15) is 38.7 Å². The molecule has 1 saturated heterocycles. The molecule has 106 valence electrons. The monoisotopic (exact) mass is 262 g/mol. The number of aryl methyl sites for hydroxylation is 1. The maximum Gasteiger partial charge on any atom is 0.0534 e. The van der Waals surface area contributed by atoms with E-state index in [9.17, 15) is 0 Å². The molecule has 1 N–H and O–H groups in total. The van der Waals surface area contributed by atoms with Gasteiger partial charge >= 0.3 is 0 Å². The summed E-state index contributed by atoms with van der Waals surface area (Å²) in [6.45, 7) is 8.88. The fourth-order valence-corrected chi connectivity index (χ4v) is 3.09. The standard InChI is InChI=1S/C15H26N4/c1-3-19-10-13(8-17-19)9-18-11-15(14-4-5-14)16-7-6-12(18)2/h8,10,12,14-16H,3-7,9,11H2,1-2H3. The Morgan fingerprint density at radius 2 is 2.21 bits per heavy atom. The first-order valence-electron chi connectivity index (χ1n) is 7.75. The Labute approximate surface area is 116 Å². The van der Waals surface area contributed by atoms with E-state index in [1.165, 1.54) is 37.9 Å². The van der Waals surface area contributed by atoms with Gasteiger partial charge in [0.1, 0.15) is 0 Å². The Balaban J connectivity index is 1.65. The molecule has 1 aromatic rings. The molecule has 2 unspecified atom stereocenters. The van der Waals surface area contributed by atoms with Gasteiger partial charge in [-0.2, -0.15) is 5.10 Å². The minimum atomic E-state index is 0.668. The smallest absolute Gasteiger partial charge is 0.0534 e. The molecule has 0 amide bonds. The average Bonchev–Trinajstić information content (AvgIpc) is 3.17. The summed E-state index contributed by atoms with van der Waals surface area (Å²) in [4.78, 5) is 2.64. The molecule has 0 aromatic carbocycles. The van der Waals surface area contributed by atoms with Gasteiger partial charge in [0.15, 0.2) is 0 Å². The summed E-state index contributed by atoms with van der Waals surface area (Å²) in [7, 11) is 0. The molecular formula is C15H26N4. The zero-order valence-corrected chi connectivity index (χ0v) is 12.2. The van der Waals surface area contributed by atoms with E-state index in [1.807, 2.05) is 10.9 Å². The van der Waals surface area contributed by atoms with Gasteiger partial charge in [0.2, 0.25) is 0 Å². The summed E-state index contributed by atoms with van der Waals surface area (Å²) >= 11 is 0. The van der Waals surface area contributed by atoms with Crippen LogP contribution in [0, 0.1) is 5.92 Å². The summed E-state index contributed by atoms with van der Waals surface area (Å²) < 4.78 is 2.02. The third kappa shape index (κ3) is 3.18. The van der Waals surface area contributed by atoms with Crippen LogP contribution in [-0.2, 0) is 13.1 Å². The molecule has 1 aliphatic heterocycles. The number of nitrogens with one attached hydrogen (secondary N) is 1. The van der Waals surface area contributed by atoms with Crippen LogP contribution in [-0.4, -0.2) is 39.9 Å². The number of nitrogens with zero attached hydrogens (tertiary/aromatic N) is 3. The lowest BCUT2D eigenvalue weighted by molar-refractivity contribution is 0.190. The predicted octanol–water partition coefficient (Wildman–Crippen LogP) is 1.87. The van der Waals surface area contributed by atoms with Crippen molar-refractivity contribution in [3.05, 3.63) is 18.0 Å². The first-order valence-corrected chi connectivity index (χ1v) is 7.75. The van der Waals surface area contributed by atoms with Gasteiger partial charge in [0.25, 0.3) is 0 Å². The molecule has 2 heterocycles. The summed E-state index contributed by atoms with van der Waals surface area (Å²) in [6, 6.07) is 1.38. The van der Waals surface area contributed by atoms with Crippen molar-refractivity contribution in [2.24, 2.45) is 5.92 Å². The van der Waals surface area contributed by atoms with Gasteiger partial charge in [-0.1, -0.05) is 0 Å². The third-order valence-electron chi connectivity index (χ3n) is 4.61. The minimum Gasteiger partial charge on any atom is -0.312 e. The van der Waals surface area contributed by atoms with Gasteiger partial charge in [0, 0.05) is 43.5 Å². The zero-order chi connectivity index (χ0) is 13.2. The van der Waals surface area contributed by atoms with Crippen molar-refractivity contribution in [2.75, 3.05) is 13.1 Å². The molecule has 19 heavy (non-hydrogen) atoms. The molecule has 2 aliphatic rings. The minimum absolute atomic E-state index is 0.668. The SMILES string of the molecule is CCn1cc(CN2CC(C3CC3)NCCC2C)cn1. The molecule has 0 spiro atoms. The van der Waals surface area contributed by atoms with E-state index in [1.54, 1.807) is 0 Å². The Bertz CT molecular complexity index is 410. The van der Waals surface area contributed by atoms with Crippen molar-refractivity contribution < 1.29 is 0 Å². The molecule has 3 rings (SSSR count). The second-order valence-electron chi connectivity index (χ2n) is 6.17. The molecule has 0 bridgehead atoms. The lowest BCUT2D eigenvalue weighted by Crippen LogP contribution is -2.40. The van der Waals surface area contributed by atoms with E-state index in [0.717, 1.165) is 19.0 Å². The summed E-state index contributed by atoms with van der Waals surface area (Å²) in [5.41, 5.74) is 1.35. The normalized spacial score (nSPS) is 29.4. The highest BCUT2D eigenvalue weighted by Gasteiger charge is 2.34. The Kier molecular flexibility index (Phi) is 3.89. The van der Waals surface area contributed by atoms with Crippen molar-refractivity contribution >= 4 is 0 Å². The summed E-state index contributed by atoms with van der Waals surface area (Å²) in [5, 5.41) is 8.13. The topological polar surface area (TPSA) is 33.1 Å². The predicted molar refractivity (Wildman–Crippen MR) is 76.9 cm³/mol. The summed E-state index contributed by atoms with van der Waals surface area (Å²) in [6.07, 6.45) is 8.32. The van der Waals surface area contributed by atoms with Crippen LogP contribution in [0.4, 0.5) is 0 Å². The highest BCUT2D eigenvalue weighted by atomic mass is 15.3. The lowest BCUT2D eigenvalue weighted by Gasteiger charge is -2.28. The van der Waals surface area contributed by atoms with E-state index >= 15 is 0 Å². The fraction of sp³-hybridized carbons (Fsp3) is 0.800. The third-order valence-corrected chi connectivity index (χ3v) is 4.61. The summed E-state index contributed by atoms with van der Waals surface area (Å²) in [5.74, 6) is 0.936. The first kappa shape index (κ1) is 13.1. The second kappa shape index (κ2) is 5.63. The Hall–Kier alpha value is -0.870. The molecule has 1 saturated carbocycles. The van der Waals surface area contributed by atoms with Gasteiger partial charge in [0.05, 0.1) is 6.20 Å². The van der Waals surface area contributed by atoms with Gasteiger partial charge < -0.3 is 5.32 Å². The molecule has 4 heteroatoms. The second-order valence-corrected chi connectivity index (χ2v) is 6.17. The van der Waals surface area contributed by atoms with Crippen LogP contribution in [0.2, 0.25) is 0 Å². The molecule has 1 aliphatic carbocycles. The van der Waals surface area contributed by atoms with E-state index in [4.69, 9.17) is 0 Å². The molecule has 0 radical (unpaired) electrons. The quantitative estimate of drug-likeness (QED) is 0.899. The molecule has 4 nitrogen and oxygen atoms in total. The van der Waals surface area contributed by atoms with Crippen LogP contribution < -0.4 is 5.32 Å². The van der Waals surface area contributed by atoms with Crippen molar-refractivity contribution in [1.29, 1.82) is 0 Å². The molecule has 1 aromatic heterocycles. The molecule has 2 fully saturated rings. The first-order chi connectivity index (χ1) is 9.26. The lowest BCUT2D eigenvalue weighted by atomic mass is 10.1. The Morgan fingerprint density at radius 1 is 1.37 bits per heavy atom. The highest BCUT2D eigenvalue weighted by molar-refractivity contribution is 5.05. The van der Waals surface area contributed by atoms with Crippen molar-refractivity contribution in [2.45, 2.75) is 58.3 Å². The maximum absolute atomic E-state index is 4.39. The Morgan fingerprint density at radius 3 is 2.89 bits per heavy atom. The van der Waals surface area contributed by atoms with Gasteiger partial charge in [-0.25, -0.2) is 0 Å². The van der Waals surface area contributed by atoms with E-state index in [0.29, 0.717) is 12.1 Å². The van der Waals surface area contributed by atoms with E-state index in [-0.39, 0.29) is 0 Å². The number of hydrogen-bond acceptors (Lipinski definition) is 3. The van der Waals surface area contributed by atoms with Crippen LogP contribution in [0.5, 0.6) is 0 Å². The van der Waals surface area contributed by atoms with Crippen LogP contribution >= 0.6 is 0 Å².